The number of benzene rings is 3. The first-order valence-corrected chi connectivity index (χ1v) is 15.8. The summed E-state index contributed by atoms with van der Waals surface area (Å²) in [7, 11) is -4.51. The molecule has 0 saturated heterocycles. The number of alkyl halides is 3. The van der Waals surface area contributed by atoms with Crippen LogP contribution in [0.4, 0.5) is 18.9 Å². The molecule has 0 aromatic heterocycles. The van der Waals surface area contributed by atoms with Crippen molar-refractivity contribution in [1.82, 2.24) is 10.2 Å². The number of rotatable bonds is 11. The highest BCUT2D eigenvalue weighted by atomic mass is 35.5. The van der Waals surface area contributed by atoms with Crippen LogP contribution in [0.25, 0.3) is 0 Å². The number of halogens is 4. The Morgan fingerprint density at radius 2 is 1.58 bits per heavy atom. The minimum Gasteiger partial charge on any atom is -0.352 e. The molecular weight excluding hydrogens is 603 g/mol. The van der Waals surface area contributed by atoms with Gasteiger partial charge in [0.05, 0.1) is 21.2 Å². The molecule has 43 heavy (non-hydrogen) atoms. The van der Waals surface area contributed by atoms with E-state index >= 15 is 0 Å². The second-order valence-electron chi connectivity index (χ2n) is 10.5. The Hall–Kier alpha value is -3.57. The summed E-state index contributed by atoms with van der Waals surface area (Å²) in [5.41, 5.74) is -0.734. The molecule has 2 amide bonds. The maximum absolute atomic E-state index is 13.9. The molecule has 7 nitrogen and oxygen atoms in total. The number of anilines is 1. The number of sulfonamides is 1. The van der Waals surface area contributed by atoms with Crippen molar-refractivity contribution in [3.63, 3.8) is 0 Å². The number of hydrogen-bond acceptors (Lipinski definition) is 4. The summed E-state index contributed by atoms with van der Waals surface area (Å²) in [6.45, 7) is 0.801. The van der Waals surface area contributed by atoms with Gasteiger partial charge >= 0.3 is 6.18 Å². The summed E-state index contributed by atoms with van der Waals surface area (Å²) < 4.78 is 69.5. The highest BCUT2D eigenvalue weighted by Gasteiger charge is 2.37. The molecule has 0 radical (unpaired) electrons. The van der Waals surface area contributed by atoms with Gasteiger partial charge in [0.25, 0.3) is 10.0 Å². The summed E-state index contributed by atoms with van der Waals surface area (Å²) >= 11 is 5.81. The van der Waals surface area contributed by atoms with Crippen LogP contribution in [0.2, 0.25) is 5.02 Å². The van der Waals surface area contributed by atoms with E-state index in [-0.39, 0.29) is 29.1 Å². The van der Waals surface area contributed by atoms with Gasteiger partial charge in [0.2, 0.25) is 11.8 Å². The molecule has 230 valence electrons. The molecule has 1 unspecified atom stereocenters. The monoisotopic (exact) mass is 635 g/mol. The van der Waals surface area contributed by atoms with E-state index in [4.69, 9.17) is 11.6 Å². The lowest BCUT2D eigenvalue weighted by atomic mass is 10.1. The molecule has 3 aromatic rings. The Morgan fingerprint density at radius 1 is 0.977 bits per heavy atom. The van der Waals surface area contributed by atoms with Crippen LogP contribution in [0.15, 0.2) is 83.8 Å². The van der Waals surface area contributed by atoms with Crippen LogP contribution < -0.4 is 9.62 Å². The quantitative estimate of drug-likeness (QED) is 0.277. The number of nitrogens with zero attached hydrogens (tertiary/aromatic N) is 2. The average molecular weight is 636 g/mol. The molecule has 0 bridgehead atoms. The van der Waals surface area contributed by atoms with E-state index in [1.807, 2.05) is 30.3 Å². The van der Waals surface area contributed by atoms with E-state index in [0.717, 1.165) is 43.4 Å². The fourth-order valence-corrected chi connectivity index (χ4v) is 6.75. The molecule has 1 fully saturated rings. The van der Waals surface area contributed by atoms with Gasteiger partial charge in [0.15, 0.2) is 0 Å². The third-order valence-corrected chi connectivity index (χ3v) is 9.62. The third-order valence-electron chi connectivity index (χ3n) is 7.51. The zero-order valence-electron chi connectivity index (χ0n) is 23.6. The Morgan fingerprint density at radius 3 is 2.19 bits per heavy atom. The van der Waals surface area contributed by atoms with Crippen LogP contribution in [0.5, 0.6) is 0 Å². The second-order valence-corrected chi connectivity index (χ2v) is 12.7. The van der Waals surface area contributed by atoms with Crippen LogP contribution in [0.1, 0.15) is 43.7 Å². The molecule has 1 N–H and O–H groups in total. The molecular formula is C31H33ClF3N3O4S. The van der Waals surface area contributed by atoms with Crippen LogP contribution in [-0.2, 0) is 32.2 Å². The number of nitrogens with one attached hydrogen (secondary N) is 1. The molecule has 1 saturated carbocycles. The van der Waals surface area contributed by atoms with Crippen molar-refractivity contribution in [1.29, 1.82) is 0 Å². The summed E-state index contributed by atoms with van der Waals surface area (Å²) in [4.78, 5) is 28.3. The Balaban J connectivity index is 1.70. The van der Waals surface area contributed by atoms with Crippen molar-refractivity contribution >= 4 is 39.1 Å². The van der Waals surface area contributed by atoms with E-state index in [2.05, 4.69) is 5.32 Å². The summed E-state index contributed by atoms with van der Waals surface area (Å²) in [5.74, 6) is -1.12. The van der Waals surface area contributed by atoms with Gasteiger partial charge in [-0.3, -0.25) is 13.9 Å². The van der Waals surface area contributed by atoms with Gasteiger partial charge in [-0.1, -0.05) is 73.0 Å². The molecule has 0 spiro atoms. The van der Waals surface area contributed by atoms with Gasteiger partial charge < -0.3 is 10.2 Å². The Labute approximate surface area is 254 Å². The molecule has 4 rings (SSSR count). The highest BCUT2D eigenvalue weighted by Crippen LogP contribution is 2.38. The SMILES string of the molecule is CC(C(=O)NC1CCCC1)N(CCc1ccccc1)C(=O)CN(c1ccc(Cl)c(C(F)(F)F)c1)S(=O)(=O)c1ccccc1. The van der Waals surface area contributed by atoms with Gasteiger partial charge in [-0.2, -0.15) is 13.2 Å². The van der Waals surface area contributed by atoms with E-state index in [1.165, 1.54) is 29.2 Å². The zero-order chi connectivity index (χ0) is 31.2. The lowest BCUT2D eigenvalue weighted by molar-refractivity contribution is -0.139. The first kappa shape index (κ1) is 32.3. The maximum atomic E-state index is 13.9. The predicted molar refractivity (Wildman–Crippen MR) is 159 cm³/mol. The summed E-state index contributed by atoms with van der Waals surface area (Å²) in [6, 6.07) is 18.1. The van der Waals surface area contributed by atoms with Crippen molar-refractivity contribution < 1.29 is 31.2 Å². The van der Waals surface area contributed by atoms with E-state index in [1.54, 1.807) is 13.0 Å². The van der Waals surface area contributed by atoms with Crippen LogP contribution in [-0.4, -0.2) is 50.3 Å². The molecule has 1 aliphatic rings. The van der Waals surface area contributed by atoms with Crippen molar-refractivity contribution in [2.75, 3.05) is 17.4 Å². The summed E-state index contributed by atoms with van der Waals surface area (Å²) in [6.07, 6.45) is -0.853. The Kier molecular flexibility index (Phi) is 10.4. The van der Waals surface area contributed by atoms with Gasteiger partial charge in [-0.25, -0.2) is 8.42 Å². The molecule has 1 atom stereocenters. The number of amides is 2. The standard InChI is InChI=1S/C31H33ClF3N3O4S/c1-22(30(40)36-24-12-8-9-13-24)37(19-18-23-10-4-2-5-11-23)29(39)21-38(43(41,42)26-14-6-3-7-15-26)25-16-17-28(32)27(20-25)31(33,34)35/h2-7,10-11,14-17,20,22,24H,8-9,12-13,18-19,21H2,1H3,(H,36,40). The first-order valence-electron chi connectivity index (χ1n) is 14.0. The maximum Gasteiger partial charge on any atom is 0.417 e. The van der Waals surface area contributed by atoms with Crippen molar-refractivity contribution in [3.8, 4) is 0 Å². The Bertz CT molecular complexity index is 1520. The zero-order valence-corrected chi connectivity index (χ0v) is 25.1. The van der Waals surface area contributed by atoms with Gasteiger partial charge in [-0.15, -0.1) is 0 Å². The fourth-order valence-electron chi connectivity index (χ4n) is 5.10. The molecule has 0 heterocycles. The normalized spacial score (nSPS) is 14.7. The topological polar surface area (TPSA) is 86.8 Å². The lowest BCUT2D eigenvalue weighted by Crippen LogP contribution is -2.53. The molecule has 0 aliphatic heterocycles. The summed E-state index contributed by atoms with van der Waals surface area (Å²) in [5, 5.41) is 2.37. The van der Waals surface area contributed by atoms with Crippen molar-refractivity contribution in [2.45, 2.75) is 62.2 Å². The largest absolute Gasteiger partial charge is 0.417 e. The van der Waals surface area contributed by atoms with Crippen molar-refractivity contribution in [2.24, 2.45) is 0 Å². The molecule has 3 aromatic carbocycles. The average Bonchev–Trinajstić information content (AvgIpc) is 3.49. The number of hydrogen-bond donors (Lipinski definition) is 1. The fraction of sp³-hybridized carbons (Fsp3) is 0.355. The second kappa shape index (κ2) is 13.8. The van der Waals surface area contributed by atoms with E-state index in [9.17, 15) is 31.2 Å². The van der Waals surface area contributed by atoms with Crippen LogP contribution in [0, 0.1) is 0 Å². The minimum absolute atomic E-state index is 0.00848. The van der Waals surface area contributed by atoms with Gasteiger partial charge in [0.1, 0.15) is 12.6 Å². The lowest BCUT2D eigenvalue weighted by Gasteiger charge is -2.32. The number of carbonyl (C=O) groups excluding carboxylic acids is 2. The smallest absolute Gasteiger partial charge is 0.352 e. The van der Waals surface area contributed by atoms with Crippen molar-refractivity contribution in [3.05, 3.63) is 95.0 Å². The highest BCUT2D eigenvalue weighted by molar-refractivity contribution is 7.92. The van der Waals surface area contributed by atoms with Crippen LogP contribution in [0.3, 0.4) is 0 Å². The van der Waals surface area contributed by atoms with Gasteiger partial charge in [0, 0.05) is 12.6 Å². The van der Waals surface area contributed by atoms with E-state index < -0.39 is 45.3 Å². The number of carbonyl (C=O) groups is 2. The molecule has 1 aliphatic carbocycles. The third kappa shape index (κ3) is 8.08. The van der Waals surface area contributed by atoms with Crippen LogP contribution >= 0.6 is 11.6 Å². The van der Waals surface area contributed by atoms with E-state index in [0.29, 0.717) is 16.8 Å². The molecule has 12 heteroatoms. The van der Waals surface area contributed by atoms with Gasteiger partial charge in [-0.05, 0) is 62.1 Å². The first-order chi connectivity index (χ1) is 20.4. The minimum atomic E-state index is -4.87. The predicted octanol–water partition coefficient (Wildman–Crippen LogP) is 6.07.